The summed E-state index contributed by atoms with van der Waals surface area (Å²) in [5.74, 6) is 2.23. The maximum Gasteiger partial charge on any atom is 0.133 e. The number of aliphatic hydroxyl groups excluding tert-OH is 1. The standard InChI is InChI=1S/C14H23NO2/c1-11-5-2-3-6-12(11)9-15-10-13(16)14-7-4-8-17-14/h4,7-8,11-13,15-16H,2-3,5-6,9-10H2,1H3. The van der Waals surface area contributed by atoms with Gasteiger partial charge in [-0.25, -0.2) is 0 Å². The molecule has 0 amide bonds. The highest BCUT2D eigenvalue weighted by atomic mass is 16.4. The van der Waals surface area contributed by atoms with Crippen LogP contribution in [0.4, 0.5) is 0 Å². The van der Waals surface area contributed by atoms with E-state index in [4.69, 9.17) is 4.42 Å². The first-order valence-electron chi connectivity index (χ1n) is 6.69. The molecule has 1 fully saturated rings. The van der Waals surface area contributed by atoms with Crippen molar-refractivity contribution < 1.29 is 9.52 Å². The van der Waals surface area contributed by atoms with Gasteiger partial charge in [0.1, 0.15) is 11.9 Å². The zero-order chi connectivity index (χ0) is 12.1. The van der Waals surface area contributed by atoms with Gasteiger partial charge < -0.3 is 14.8 Å². The molecule has 2 N–H and O–H groups in total. The van der Waals surface area contributed by atoms with Gasteiger partial charge in [-0.1, -0.05) is 26.2 Å². The highest BCUT2D eigenvalue weighted by Gasteiger charge is 2.21. The molecule has 1 aromatic rings. The third-order valence-electron chi connectivity index (χ3n) is 3.90. The molecule has 0 bridgehead atoms. The van der Waals surface area contributed by atoms with Gasteiger partial charge in [0.2, 0.25) is 0 Å². The van der Waals surface area contributed by atoms with Crippen molar-refractivity contribution in [2.45, 2.75) is 38.7 Å². The van der Waals surface area contributed by atoms with Gasteiger partial charge in [-0.2, -0.15) is 0 Å². The first-order chi connectivity index (χ1) is 8.27. The Bertz CT molecular complexity index is 310. The van der Waals surface area contributed by atoms with E-state index in [1.165, 1.54) is 25.7 Å². The second-order valence-electron chi connectivity index (χ2n) is 5.21. The predicted molar refractivity (Wildman–Crippen MR) is 67.7 cm³/mol. The summed E-state index contributed by atoms with van der Waals surface area (Å²) in [5, 5.41) is 13.2. The molecule has 3 atom stereocenters. The van der Waals surface area contributed by atoms with Gasteiger partial charge >= 0.3 is 0 Å². The molecule has 1 aliphatic rings. The first kappa shape index (κ1) is 12.7. The van der Waals surface area contributed by atoms with Gasteiger partial charge in [-0.3, -0.25) is 0 Å². The molecule has 1 aromatic heterocycles. The van der Waals surface area contributed by atoms with Crippen LogP contribution in [-0.4, -0.2) is 18.2 Å². The van der Waals surface area contributed by atoms with Gasteiger partial charge in [0, 0.05) is 6.54 Å². The smallest absolute Gasteiger partial charge is 0.133 e. The molecule has 3 heteroatoms. The third kappa shape index (κ3) is 3.58. The van der Waals surface area contributed by atoms with E-state index in [0.29, 0.717) is 12.3 Å². The predicted octanol–water partition coefficient (Wildman–Crippen LogP) is 2.73. The van der Waals surface area contributed by atoms with Crippen LogP contribution in [0.2, 0.25) is 0 Å². The minimum atomic E-state index is -0.524. The summed E-state index contributed by atoms with van der Waals surface area (Å²) in [5.41, 5.74) is 0. The fraction of sp³-hybridized carbons (Fsp3) is 0.714. The summed E-state index contributed by atoms with van der Waals surface area (Å²) >= 11 is 0. The Balaban J connectivity index is 1.68. The molecule has 96 valence electrons. The van der Waals surface area contributed by atoms with E-state index in [1.54, 1.807) is 6.26 Å². The number of hydrogen-bond donors (Lipinski definition) is 2. The van der Waals surface area contributed by atoms with Crippen LogP contribution < -0.4 is 5.32 Å². The van der Waals surface area contributed by atoms with Crippen molar-refractivity contribution >= 4 is 0 Å². The molecule has 0 radical (unpaired) electrons. The van der Waals surface area contributed by atoms with E-state index in [9.17, 15) is 5.11 Å². The first-order valence-corrected chi connectivity index (χ1v) is 6.69. The number of nitrogens with one attached hydrogen (secondary N) is 1. The summed E-state index contributed by atoms with van der Waals surface area (Å²) in [7, 11) is 0. The zero-order valence-electron chi connectivity index (χ0n) is 10.6. The fourth-order valence-corrected chi connectivity index (χ4v) is 2.68. The quantitative estimate of drug-likeness (QED) is 0.827. The summed E-state index contributed by atoms with van der Waals surface area (Å²) in [4.78, 5) is 0. The van der Waals surface area contributed by atoms with Crippen LogP contribution in [0.15, 0.2) is 22.8 Å². The van der Waals surface area contributed by atoms with Crippen LogP contribution in [0.3, 0.4) is 0 Å². The summed E-state index contributed by atoms with van der Waals surface area (Å²) in [6.45, 7) is 3.93. The molecule has 3 nitrogen and oxygen atoms in total. The van der Waals surface area contributed by atoms with Crippen molar-refractivity contribution in [1.29, 1.82) is 0 Å². The van der Waals surface area contributed by atoms with Crippen LogP contribution in [-0.2, 0) is 0 Å². The molecule has 1 heterocycles. The molecule has 2 rings (SSSR count). The SMILES string of the molecule is CC1CCCCC1CNCC(O)c1ccco1. The third-order valence-corrected chi connectivity index (χ3v) is 3.90. The molecule has 1 saturated carbocycles. The highest BCUT2D eigenvalue weighted by molar-refractivity contribution is 5.02. The molecule has 1 aliphatic carbocycles. The van der Waals surface area contributed by atoms with E-state index in [1.807, 2.05) is 12.1 Å². The Kier molecular flexibility index (Phi) is 4.63. The van der Waals surface area contributed by atoms with Gasteiger partial charge in [-0.05, 0) is 36.9 Å². The van der Waals surface area contributed by atoms with Gasteiger partial charge in [-0.15, -0.1) is 0 Å². The molecular formula is C14H23NO2. The number of furan rings is 1. The summed E-state index contributed by atoms with van der Waals surface area (Å²) in [6, 6.07) is 3.62. The maximum absolute atomic E-state index is 9.85. The monoisotopic (exact) mass is 237 g/mol. The molecular weight excluding hydrogens is 214 g/mol. The Morgan fingerprint density at radius 1 is 1.47 bits per heavy atom. The lowest BCUT2D eigenvalue weighted by Crippen LogP contribution is -2.31. The van der Waals surface area contributed by atoms with E-state index >= 15 is 0 Å². The second kappa shape index (κ2) is 6.22. The van der Waals surface area contributed by atoms with Crippen LogP contribution in [0, 0.1) is 11.8 Å². The van der Waals surface area contributed by atoms with Gasteiger partial charge in [0.05, 0.1) is 6.26 Å². The lowest BCUT2D eigenvalue weighted by Gasteiger charge is -2.29. The van der Waals surface area contributed by atoms with Crippen molar-refractivity contribution in [3.63, 3.8) is 0 Å². The Morgan fingerprint density at radius 3 is 3.00 bits per heavy atom. The summed E-state index contributed by atoms with van der Waals surface area (Å²) in [6.07, 6.45) is 6.49. The Labute approximate surface area is 103 Å². The van der Waals surface area contributed by atoms with Crippen molar-refractivity contribution in [3.05, 3.63) is 24.2 Å². The van der Waals surface area contributed by atoms with E-state index < -0.39 is 6.10 Å². The van der Waals surface area contributed by atoms with Crippen LogP contribution in [0.25, 0.3) is 0 Å². The molecule has 17 heavy (non-hydrogen) atoms. The zero-order valence-corrected chi connectivity index (χ0v) is 10.6. The topological polar surface area (TPSA) is 45.4 Å². The van der Waals surface area contributed by atoms with Crippen molar-refractivity contribution in [1.82, 2.24) is 5.32 Å². The summed E-state index contributed by atoms with van der Waals surface area (Å²) < 4.78 is 5.17. The van der Waals surface area contributed by atoms with Crippen LogP contribution in [0.1, 0.15) is 44.5 Å². The molecule has 0 spiro atoms. The van der Waals surface area contributed by atoms with Gasteiger partial charge in [0.15, 0.2) is 0 Å². The molecule has 0 aliphatic heterocycles. The second-order valence-corrected chi connectivity index (χ2v) is 5.21. The fourth-order valence-electron chi connectivity index (χ4n) is 2.68. The highest BCUT2D eigenvalue weighted by Crippen LogP contribution is 2.28. The molecule has 3 unspecified atom stereocenters. The number of hydrogen-bond acceptors (Lipinski definition) is 3. The van der Waals surface area contributed by atoms with Gasteiger partial charge in [0.25, 0.3) is 0 Å². The van der Waals surface area contributed by atoms with Crippen molar-refractivity contribution in [2.75, 3.05) is 13.1 Å². The average Bonchev–Trinajstić information content (AvgIpc) is 2.85. The van der Waals surface area contributed by atoms with E-state index in [-0.39, 0.29) is 0 Å². The molecule has 0 saturated heterocycles. The van der Waals surface area contributed by atoms with Crippen LogP contribution >= 0.6 is 0 Å². The average molecular weight is 237 g/mol. The Morgan fingerprint density at radius 2 is 2.29 bits per heavy atom. The maximum atomic E-state index is 9.85. The molecule has 0 aromatic carbocycles. The number of aliphatic hydroxyl groups is 1. The lowest BCUT2D eigenvalue weighted by atomic mass is 9.80. The minimum absolute atomic E-state index is 0.524. The largest absolute Gasteiger partial charge is 0.467 e. The van der Waals surface area contributed by atoms with Crippen molar-refractivity contribution in [2.24, 2.45) is 11.8 Å². The lowest BCUT2D eigenvalue weighted by molar-refractivity contribution is 0.141. The minimum Gasteiger partial charge on any atom is -0.467 e. The van der Waals surface area contributed by atoms with Crippen molar-refractivity contribution in [3.8, 4) is 0 Å². The van der Waals surface area contributed by atoms with E-state index in [0.717, 1.165) is 18.4 Å². The van der Waals surface area contributed by atoms with E-state index in [2.05, 4.69) is 12.2 Å². The van der Waals surface area contributed by atoms with Crippen LogP contribution in [0.5, 0.6) is 0 Å². The Hall–Kier alpha value is -0.800. The number of rotatable bonds is 5. The normalized spacial score (nSPS) is 26.9.